The zero-order chi connectivity index (χ0) is 39.1. The number of carbonyl (C=O) groups is 2. The lowest BCUT2D eigenvalue weighted by atomic mass is 10.0. The van der Waals surface area contributed by atoms with Gasteiger partial charge in [0, 0.05) is 17.3 Å². The number of aromatic carboxylic acids is 1. The van der Waals surface area contributed by atoms with E-state index in [2.05, 4.69) is 67.5 Å². The van der Waals surface area contributed by atoms with Gasteiger partial charge in [0.2, 0.25) is 0 Å². The minimum atomic E-state index is -4.56. The molecule has 0 aliphatic heterocycles. The number of aryl methyl sites for hydroxylation is 2. The molecule has 0 fully saturated rings. The fraction of sp³-hybridized carbons (Fsp3) is 0.118. The molecule has 0 bridgehead atoms. The number of nitrogens with one attached hydrogen (secondary N) is 1. The van der Waals surface area contributed by atoms with Crippen LogP contribution in [0, 0.1) is 13.8 Å². The Balaban J connectivity index is 0.000000189. The highest BCUT2D eigenvalue weighted by molar-refractivity contribution is 9.11. The molecule has 1 amide bonds. The van der Waals surface area contributed by atoms with Gasteiger partial charge in [0.25, 0.3) is 5.91 Å². The quantitative estimate of drug-likeness (QED) is 0.162. The van der Waals surface area contributed by atoms with Crippen LogP contribution in [0.3, 0.4) is 0 Å². The van der Waals surface area contributed by atoms with Crippen LogP contribution < -0.4 is 5.32 Å². The fourth-order valence-electron chi connectivity index (χ4n) is 5.40. The van der Waals surface area contributed by atoms with Crippen LogP contribution in [0.4, 0.5) is 32.2 Å². The average Bonchev–Trinajstić information content (AvgIpc) is 3.64. The summed E-state index contributed by atoms with van der Waals surface area (Å²) in [5.74, 6) is -1.61. The van der Waals surface area contributed by atoms with Crippen molar-refractivity contribution in [3.8, 4) is 22.5 Å². The van der Waals surface area contributed by atoms with Crippen molar-refractivity contribution >= 4 is 60.8 Å². The normalized spacial score (nSPS) is 11.7. The molecule has 276 valence electrons. The highest BCUT2D eigenvalue weighted by Crippen LogP contribution is 2.39. The standard InChI is InChI=1S/C19H12BrF3N6O.C15H9BrF3N3O2/c1-10-16(18(30)26-15-7-4-8-24-27-15)29-17(25-10)13(20)9-14(28-29)11-5-2-3-6-12(11)19(21,22)23;1-7-12(14(23)24)22-13(20-7)10(16)6-11(21-22)8-4-2-3-5-9(8)15(17,18)19/h2-9H,1H3,(H,26,27,30);2-6H,1H3,(H,23,24). The smallest absolute Gasteiger partial charge is 0.417 e. The number of carboxylic acids is 1. The Kier molecular flexibility index (Phi) is 10.3. The van der Waals surface area contributed by atoms with Crippen LogP contribution in [0.1, 0.15) is 43.5 Å². The number of amides is 1. The highest BCUT2D eigenvalue weighted by Gasteiger charge is 2.35. The van der Waals surface area contributed by atoms with Crippen molar-refractivity contribution in [2.24, 2.45) is 0 Å². The lowest BCUT2D eigenvalue weighted by molar-refractivity contribution is -0.137. The number of carbonyl (C=O) groups excluding carboxylic acids is 1. The summed E-state index contributed by atoms with van der Waals surface area (Å²) < 4.78 is 83.0. The van der Waals surface area contributed by atoms with Crippen LogP contribution in [0.2, 0.25) is 0 Å². The van der Waals surface area contributed by atoms with Crippen molar-refractivity contribution in [3.63, 3.8) is 0 Å². The molecular formula is C34H21Br2F6N9O3. The summed E-state index contributed by atoms with van der Waals surface area (Å²) in [7, 11) is 0. The number of alkyl halides is 6. The van der Waals surface area contributed by atoms with E-state index in [1.165, 1.54) is 66.2 Å². The molecule has 0 unspecified atom stereocenters. The number of anilines is 1. The summed E-state index contributed by atoms with van der Waals surface area (Å²) in [6.07, 6.45) is -7.66. The summed E-state index contributed by atoms with van der Waals surface area (Å²) in [4.78, 5) is 32.6. The third-order valence-electron chi connectivity index (χ3n) is 7.68. The van der Waals surface area contributed by atoms with Crippen LogP contribution in [-0.4, -0.2) is 56.4 Å². The van der Waals surface area contributed by atoms with Crippen LogP contribution in [-0.2, 0) is 12.4 Å². The number of hydrogen-bond donors (Lipinski definition) is 2. The second-order valence-corrected chi connectivity index (χ2v) is 13.0. The first-order valence-corrected chi connectivity index (χ1v) is 16.8. The molecular weight excluding hydrogens is 856 g/mol. The van der Waals surface area contributed by atoms with Crippen molar-refractivity contribution in [2.75, 3.05) is 5.32 Å². The van der Waals surface area contributed by atoms with Gasteiger partial charge < -0.3 is 10.4 Å². The van der Waals surface area contributed by atoms with Crippen LogP contribution in [0.5, 0.6) is 0 Å². The maximum Gasteiger partial charge on any atom is 0.417 e. The second-order valence-electron chi connectivity index (χ2n) is 11.3. The number of rotatable bonds is 5. The van der Waals surface area contributed by atoms with Gasteiger partial charge in [-0.25, -0.2) is 23.8 Å². The molecule has 0 spiro atoms. The molecule has 2 N–H and O–H groups in total. The van der Waals surface area contributed by atoms with Crippen molar-refractivity contribution in [2.45, 2.75) is 26.2 Å². The molecule has 0 aliphatic rings. The second kappa shape index (κ2) is 14.6. The van der Waals surface area contributed by atoms with Crippen molar-refractivity contribution in [1.29, 1.82) is 0 Å². The Labute approximate surface area is 316 Å². The Hall–Kier alpha value is -5.76. The van der Waals surface area contributed by atoms with Crippen LogP contribution in [0.15, 0.2) is 87.9 Å². The van der Waals surface area contributed by atoms with Gasteiger partial charge in [-0.1, -0.05) is 36.4 Å². The molecule has 0 aliphatic carbocycles. The highest BCUT2D eigenvalue weighted by atomic mass is 79.9. The topological polar surface area (TPSA) is 153 Å². The molecule has 20 heteroatoms. The number of imidazole rings is 2. The monoisotopic (exact) mass is 875 g/mol. The number of fused-ring (bicyclic) bond motifs is 2. The predicted octanol–water partition coefficient (Wildman–Crippen LogP) is 8.71. The van der Waals surface area contributed by atoms with Crippen molar-refractivity contribution in [3.05, 3.63) is 122 Å². The lowest BCUT2D eigenvalue weighted by Crippen LogP contribution is -2.18. The summed E-state index contributed by atoms with van der Waals surface area (Å²) in [5, 5.41) is 27.7. The molecule has 7 aromatic rings. The zero-order valence-corrected chi connectivity index (χ0v) is 30.5. The third kappa shape index (κ3) is 7.51. The maximum atomic E-state index is 13.5. The van der Waals surface area contributed by atoms with Gasteiger partial charge >= 0.3 is 18.3 Å². The van der Waals surface area contributed by atoms with E-state index in [0.717, 1.165) is 16.6 Å². The SMILES string of the molecule is Cc1nc2c(Br)cc(-c3ccccc3C(F)(F)F)nn2c1C(=O)Nc1cccnn1.Cc1nc2c(Br)cc(-c3ccccc3C(F)(F)F)nn2c1C(=O)O. The number of aromatic nitrogens is 8. The van der Waals surface area contributed by atoms with Gasteiger partial charge in [-0.2, -0.15) is 41.6 Å². The van der Waals surface area contributed by atoms with E-state index in [0.29, 0.717) is 20.3 Å². The van der Waals surface area contributed by atoms with E-state index in [9.17, 15) is 41.0 Å². The molecule has 0 saturated carbocycles. The van der Waals surface area contributed by atoms with E-state index in [1.54, 1.807) is 19.1 Å². The first-order valence-electron chi connectivity index (χ1n) is 15.2. The molecule has 7 rings (SSSR count). The first kappa shape index (κ1) is 38.0. The van der Waals surface area contributed by atoms with E-state index < -0.39 is 35.4 Å². The maximum absolute atomic E-state index is 13.5. The molecule has 12 nitrogen and oxygen atoms in total. The minimum absolute atomic E-state index is 0.0119. The van der Waals surface area contributed by atoms with E-state index in [1.807, 2.05) is 0 Å². The number of halogens is 8. The predicted molar refractivity (Wildman–Crippen MR) is 189 cm³/mol. The Morgan fingerprint density at radius 3 is 1.61 bits per heavy atom. The Morgan fingerprint density at radius 1 is 0.704 bits per heavy atom. The average molecular weight is 877 g/mol. The van der Waals surface area contributed by atoms with Crippen molar-refractivity contribution in [1.82, 2.24) is 39.4 Å². The van der Waals surface area contributed by atoms with E-state index in [-0.39, 0.29) is 51.1 Å². The molecule has 0 saturated heterocycles. The number of hydrogen-bond acceptors (Lipinski definition) is 8. The lowest BCUT2D eigenvalue weighted by Gasteiger charge is -2.13. The zero-order valence-electron chi connectivity index (χ0n) is 27.4. The molecule has 2 aromatic carbocycles. The number of benzene rings is 2. The molecule has 0 atom stereocenters. The van der Waals surface area contributed by atoms with E-state index in [4.69, 9.17) is 0 Å². The number of carboxylic acid groups (broad SMARTS) is 1. The van der Waals surface area contributed by atoms with Crippen molar-refractivity contribution < 1.29 is 41.0 Å². The Morgan fingerprint density at radius 2 is 1.17 bits per heavy atom. The van der Waals surface area contributed by atoms with Gasteiger partial charge in [0.1, 0.15) is 0 Å². The minimum Gasteiger partial charge on any atom is -0.476 e. The van der Waals surface area contributed by atoms with Gasteiger partial charge in [0.05, 0.1) is 42.8 Å². The van der Waals surface area contributed by atoms with Gasteiger partial charge in [-0.3, -0.25) is 4.79 Å². The number of nitrogens with zero attached hydrogens (tertiary/aromatic N) is 8. The molecule has 54 heavy (non-hydrogen) atoms. The first-order chi connectivity index (χ1) is 25.5. The molecule has 0 radical (unpaired) electrons. The summed E-state index contributed by atoms with van der Waals surface area (Å²) in [6.45, 7) is 3.10. The molecule has 5 heterocycles. The largest absolute Gasteiger partial charge is 0.476 e. The van der Waals surface area contributed by atoms with Gasteiger partial charge in [0.15, 0.2) is 28.5 Å². The molecule has 5 aromatic heterocycles. The van der Waals surface area contributed by atoms with Crippen LogP contribution >= 0.6 is 31.9 Å². The fourth-order valence-corrected chi connectivity index (χ4v) is 6.35. The third-order valence-corrected chi connectivity index (χ3v) is 8.84. The van der Waals surface area contributed by atoms with Gasteiger partial charge in [-0.05, 0) is 82.1 Å². The van der Waals surface area contributed by atoms with E-state index >= 15 is 0 Å². The summed E-state index contributed by atoms with van der Waals surface area (Å²) in [5.41, 5.74) is -0.945. The van der Waals surface area contributed by atoms with Gasteiger partial charge in [-0.15, -0.1) is 5.10 Å². The summed E-state index contributed by atoms with van der Waals surface area (Å²) >= 11 is 6.54. The van der Waals surface area contributed by atoms with Crippen LogP contribution in [0.25, 0.3) is 33.8 Å². The Bertz CT molecular complexity index is 2580. The summed E-state index contributed by atoms with van der Waals surface area (Å²) in [6, 6.07) is 16.1.